The van der Waals surface area contributed by atoms with Gasteiger partial charge in [0.25, 0.3) is 5.69 Å². The number of hydrogen-bond acceptors (Lipinski definition) is 4. The lowest BCUT2D eigenvalue weighted by Gasteiger charge is -2.01. The van der Waals surface area contributed by atoms with Crippen LogP contribution in [0.15, 0.2) is 42.5 Å². The molecule has 0 amide bonds. The zero-order valence-electron chi connectivity index (χ0n) is 10.6. The van der Waals surface area contributed by atoms with Gasteiger partial charge in [-0.3, -0.25) is 10.1 Å². The molecule has 0 bridgehead atoms. The Morgan fingerprint density at radius 3 is 2.57 bits per heavy atom. The molecule has 0 unspecified atom stereocenters. The number of ether oxygens (including phenoxy) is 1. The highest BCUT2D eigenvalue weighted by Crippen LogP contribution is 2.33. The zero-order valence-corrected chi connectivity index (χ0v) is 11.3. The number of fused-ring (bicyclic) bond motifs is 1. The Labute approximate surface area is 124 Å². The Morgan fingerprint density at radius 1 is 1.14 bits per heavy atom. The minimum Gasteiger partial charge on any atom is -0.422 e. The third-order valence-corrected chi connectivity index (χ3v) is 3.32. The van der Waals surface area contributed by atoms with E-state index in [9.17, 15) is 14.9 Å². The number of halogens is 1. The highest BCUT2D eigenvalue weighted by molar-refractivity contribution is 6.30. The highest BCUT2D eigenvalue weighted by Gasteiger charge is 2.26. The summed E-state index contributed by atoms with van der Waals surface area (Å²) in [5.74, 6) is -0.192. The minimum absolute atomic E-state index is 0.104. The fourth-order valence-corrected chi connectivity index (χ4v) is 2.32. The third kappa shape index (κ3) is 2.39. The van der Waals surface area contributed by atoms with Gasteiger partial charge in [0.2, 0.25) is 0 Å². The van der Waals surface area contributed by atoms with Gasteiger partial charge in [0.15, 0.2) is 0 Å². The first-order valence-corrected chi connectivity index (χ1v) is 6.41. The summed E-state index contributed by atoms with van der Waals surface area (Å²) in [4.78, 5) is 22.3. The lowest BCUT2D eigenvalue weighted by atomic mass is 10.1. The minimum atomic E-state index is -0.509. The molecule has 3 rings (SSSR count). The molecule has 1 aliphatic rings. The summed E-state index contributed by atoms with van der Waals surface area (Å²) >= 11 is 5.88. The Morgan fingerprint density at radius 2 is 1.86 bits per heavy atom. The van der Waals surface area contributed by atoms with Crippen LogP contribution in [0, 0.1) is 10.1 Å². The van der Waals surface area contributed by atoms with Crippen molar-refractivity contribution < 1.29 is 14.5 Å². The molecular formula is C15H8ClNO4. The molecule has 0 N–H and O–H groups in total. The number of hydrogen-bond donors (Lipinski definition) is 0. The molecule has 0 fully saturated rings. The molecule has 0 saturated carbocycles. The van der Waals surface area contributed by atoms with Crippen molar-refractivity contribution in [2.45, 2.75) is 0 Å². The van der Waals surface area contributed by atoms with Gasteiger partial charge in [-0.2, -0.15) is 0 Å². The van der Waals surface area contributed by atoms with Crippen LogP contribution in [0.4, 0.5) is 5.69 Å². The number of nitro benzene ring substituents is 1. The third-order valence-electron chi connectivity index (χ3n) is 3.09. The predicted octanol–water partition coefficient (Wildman–Crippen LogP) is 3.92. The normalized spacial score (nSPS) is 14.9. The number of carbonyl (C=O) groups is 1. The maximum absolute atomic E-state index is 11.7. The first-order valence-electron chi connectivity index (χ1n) is 6.03. The van der Waals surface area contributed by atoms with Crippen molar-refractivity contribution >= 4 is 35.1 Å². The molecule has 0 aromatic heterocycles. The number of carbonyl (C=O) groups excluding carboxylic acids is 1. The van der Waals surface area contributed by atoms with E-state index in [1.165, 1.54) is 24.3 Å². The summed E-state index contributed by atoms with van der Waals surface area (Å²) < 4.78 is 5.17. The van der Waals surface area contributed by atoms with Gasteiger partial charge in [0, 0.05) is 16.7 Å². The fourth-order valence-electron chi connectivity index (χ4n) is 2.14. The summed E-state index contributed by atoms with van der Waals surface area (Å²) in [6.45, 7) is 0. The molecule has 6 heteroatoms. The average molecular weight is 302 g/mol. The van der Waals surface area contributed by atoms with Crippen LogP contribution in [0.3, 0.4) is 0 Å². The Bertz CT molecular complexity index is 798. The number of cyclic esters (lactones) is 1. The van der Waals surface area contributed by atoms with E-state index in [1.807, 2.05) is 0 Å². The van der Waals surface area contributed by atoms with Crippen LogP contribution >= 0.6 is 11.6 Å². The van der Waals surface area contributed by atoms with E-state index in [2.05, 4.69) is 0 Å². The van der Waals surface area contributed by atoms with Crippen LogP contribution in [0.25, 0.3) is 11.8 Å². The van der Waals surface area contributed by atoms with Gasteiger partial charge in [0.1, 0.15) is 5.76 Å². The quantitative estimate of drug-likeness (QED) is 0.479. The number of nitrogens with zero attached hydrogens (tertiary/aromatic N) is 1. The van der Waals surface area contributed by atoms with Gasteiger partial charge in [-0.15, -0.1) is 0 Å². The number of esters is 1. The molecule has 1 aliphatic heterocycles. The first-order chi connectivity index (χ1) is 10.1. The van der Waals surface area contributed by atoms with Crippen molar-refractivity contribution in [2.75, 3.05) is 0 Å². The second kappa shape index (κ2) is 5.03. The lowest BCUT2D eigenvalue weighted by molar-refractivity contribution is -0.385. The molecule has 104 valence electrons. The SMILES string of the molecule is O=C1OC(=Cc2cc(Cl)ccc2[N+](=O)[O-])c2ccccc21. The molecule has 2 aromatic rings. The van der Waals surface area contributed by atoms with Crippen molar-refractivity contribution in [1.82, 2.24) is 0 Å². The molecular weight excluding hydrogens is 294 g/mol. The average Bonchev–Trinajstić information content (AvgIpc) is 2.76. The summed E-state index contributed by atoms with van der Waals surface area (Å²) in [6.07, 6.45) is 1.45. The standard InChI is InChI=1S/C15H8ClNO4/c16-10-5-6-13(17(19)20)9(7-10)8-14-11-3-1-2-4-12(11)15(18)21-14/h1-8H. The summed E-state index contributed by atoms with van der Waals surface area (Å²) in [7, 11) is 0. The molecule has 1 heterocycles. The molecule has 0 saturated heterocycles. The van der Waals surface area contributed by atoms with Crippen molar-refractivity contribution in [3.63, 3.8) is 0 Å². The predicted molar refractivity (Wildman–Crippen MR) is 77.8 cm³/mol. The summed E-state index contributed by atoms with van der Waals surface area (Å²) in [5.41, 5.74) is 1.23. The maximum Gasteiger partial charge on any atom is 0.344 e. The molecule has 2 aromatic carbocycles. The largest absolute Gasteiger partial charge is 0.422 e. The van der Waals surface area contributed by atoms with E-state index in [4.69, 9.17) is 16.3 Å². The van der Waals surface area contributed by atoms with Gasteiger partial charge in [-0.25, -0.2) is 4.79 Å². The van der Waals surface area contributed by atoms with Gasteiger partial charge >= 0.3 is 5.97 Å². The summed E-state index contributed by atoms with van der Waals surface area (Å²) in [5, 5.41) is 11.4. The van der Waals surface area contributed by atoms with Crippen LogP contribution in [-0.4, -0.2) is 10.9 Å². The van der Waals surface area contributed by atoms with E-state index < -0.39 is 10.9 Å². The second-order valence-electron chi connectivity index (χ2n) is 4.40. The molecule has 0 aliphatic carbocycles. The smallest absolute Gasteiger partial charge is 0.344 e. The maximum atomic E-state index is 11.7. The molecule has 5 nitrogen and oxygen atoms in total. The highest BCUT2D eigenvalue weighted by atomic mass is 35.5. The van der Waals surface area contributed by atoms with E-state index in [0.29, 0.717) is 16.1 Å². The molecule has 0 atom stereocenters. The van der Waals surface area contributed by atoms with E-state index in [0.717, 1.165) is 0 Å². The second-order valence-corrected chi connectivity index (χ2v) is 4.84. The Kier molecular flexibility index (Phi) is 3.19. The van der Waals surface area contributed by atoms with E-state index in [1.54, 1.807) is 24.3 Å². The zero-order chi connectivity index (χ0) is 15.0. The van der Waals surface area contributed by atoms with Crippen LogP contribution < -0.4 is 0 Å². The van der Waals surface area contributed by atoms with Crippen molar-refractivity contribution in [3.8, 4) is 0 Å². The van der Waals surface area contributed by atoms with E-state index in [-0.39, 0.29) is 17.0 Å². The Balaban J connectivity index is 2.14. The molecule has 0 spiro atoms. The van der Waals surface area contributed by atoms with Gasteiger partial charge in [-0.1, -0.05) is 29.8 Å². The number of nitro groups is 1. The van der Waals surface area contributed by atoms with Crippen LogP contribution in [0.2, 0.25) is 5.02 Å². The van der Waals surface area contributed by atoms with Crippen LogP contribution in [0.5, 0.6) is 0 Å². The van der Waals surface area contributed by atoms with Crippen molar-refractivity contribution in [1.29, 1.82) is 0 Å². The monoisotopic (exact) mass is 301 g/mol. The number of benzene rings is 2. The molecule has 21 heavy (non-hydrogen) atoms. The van der Waals surface area contributed by atoms with E-state index >= 15 is 0 Å². The number of rotatable bonds is 2. The Hall–Kier alpha value is -2.66. The lowest BCUT2D eigenvalue weighted by Crippen LogP contribution is -1.93. The first kappa shape index (κ1) is 13.3. The van der Waals surface area contributed by atoms with Crippen LogP contribution in [-0.2, 0) is 4.74 Å². The summed E-state index contributed by atoms with van der Waals surface area (Å²) in [6, 6.07) is 11.1. The fraction of sp³-hybridized carbons (Fsp3) is 0. The topological polar surface area (TPSA) is 69.4 Å². The molecule has 0 radical (unpaired) electrons. The van der Waals surface area contributed by atoms with Gasteiger partial charge in [-0.05, 0) is 24.3 Å². The van der Waals surface area contributed by atoms with Crippen LogP contribution in [0.1, 0.15) is 21.5 Å². The van der Waals surface area contributed by atoms with Gasteiger partial charge in [0.05, 0.1) is 16.1 Å². The van der Waals surface area contributed by atoms with Crippen molar-refractivity contribution in [3.05, 3.63) is 74.3 Å². The van der Waals surface area contributed by atoms with Crippen molar-refractivity contribution in [2.24, 2.45) is 0 Å². The van der Waals surface area contributed by atoms with Gasteiger partial charge < -0.3 is 4.74 Å².